The van der Waals surface area contributed by atoms with Crippen molar-refractivity contribution in [1.82, 2.24) is 4.90 Å². The molecule has 0 bridgehead atoms. The number of hydrogen-bond donors (Lipinski definition) is 0. The highest BCUT2D eigenvalue weighted by atomic mass is 28.4. The Bertz CT molecular complexity index is 805. The van der Waals surface area contributed by atoms with Crippen LogP contribution in [0.3, 0.4) is 0 Å². The summed E-state index contributed by atoms with van der Waals surface area (Å²) in [7, 11) is -0.461. The number of methoxy groups -OCH3 is 1. The summed E-state index contributed by atoms with van der Waals surface area (Å²) in [5.74, 6) is 11.0. The van der Waals surface area contributed by atoms with Crippen LogP contribution in [-0.2, 0) is 23.5 Å². The number of allylic oxidation sites excluding steroid dienone is 2. The van der Waals surface area contributed by atoms with Gasteiger partial charge < -0.3 is 18.8 Å². The highest BCUT2D eigenvalue weighted by Crippen LogP contribution is 2.40. The summed E-state index contributed by atoms with van der Waals surface area (Å²) in [5, 5.41) is 0.0757. The average Bonchev–Trinajstić information content (AvgIpc) is 2.61. The molecule has 1 aliphatic carbocycles. The lowest BCUT2D eigenvalue weighted by Gasteiger charge is -2.55. The maximum Gasteiger partial charge on any atom is 0.303 e. The number of amides is 1. The second-order valence-electron chi connectivity index (χ2n) is 8.80. The van der Waals surface area contributed by atoms with E-state index >= 15 is 0 Å². The van der Waals surface area contributed by atoms with Crippen LogP contribution in [0, 0.1) is 23.7 Å². The van der Waals surface area contributed by atoms with Gasteiger partial charge in [-0.05, 0) is 30.3 Å². The monoisotopic (exact) mass is 417 g/mol. The molecule has 158 valence electrons. The molecule has 0 N–H and O–H groups in total. The second-order valence-corrected chi connectivity index (χ2v) is 13.6. The van der Waals surface area contributed by atoms with E-state index in [0.717, 1.165) is 0 Å². The molecule has 2 aliphatic rings. The molecular formula is C22H31NO5Si. The Morgan fingerprint density at radius 1 is 1.31 bits per heavy atom. The molecule has 3 atom stereocenters. The Morgan fingerprint density at radius 2 is 1.97 bits per heavy atom. The third kappa shape index (κ3) is 4.75. The molecule has 2 rings (SSSR count). The number of rotatable bonds is 6. The number of fused-ring (bicyclic) bond motifs is 1. The molecule has 0 saturated carbocycles. The van der Waals surface area contributed by atoms with Crippen molar-refractivity contribution in [3.8, 4) is 23.7 Å². The summed E-state index contributed by atoms with van der Waals surface area (Å²) in [5.41, 5.74) is -1.18. The zero-order valence-electron chi connectivity index (χ0n) is 18.4. The molecule has 1 fully saturated rings. The minimum Gasteiger partial charge on any atom is -0.447 e. The average molecular weight is 418 g/mol. The molecule has 1 aliphatic heterocycles. The lowest BCUT2D eigenvalue weighted by atomic mass is 9.76. The van der Waals surface area contributed by atoms with Crippen molar-refractivity contribution in [3.05, 3.63) is 12.2 Å². The normalized spacial score (nSPS) is 27.4. The van der Waals surface area contributed by atoms with E-state index in [0.29, 0.717) is 13.2 Å². The zero-order valence-corrected chi connectivity index (χ0v) is 19.4. The summed E-state index contributed by atoms with van der Waals surface area (Å²) in [6.45, 7) is 13.0. The summed E-state index contributed by atoms with van der Waals surface area (Å²) < 4.78 is 17.4. The highest BCUT2D eigenvalue weighted by molar-refractivity contribution is 6.74. The summed E-state index contributed by atoms with van der Waals surface area (Å²) in [6, 6.07) is -0.541. The lowest BCUT2D eigenvalue weighted by molar-refractivity contribution is -0.211. The molecule has 0 aromatic heterocycles. The topological polar surface area (TPSA) is 65.1 Å². The van der Waals surface area contributed by atoms with Crippen molar-refractivity contribution in [1.29, 1.82) is 0 Å². The molecule has 7 heteroatoms. The van der Waals surface area contributed by atoms with E-state index in [4.69, 9.17) is 13.9 Å². The van der Waals surface area contributed by atoms with Gasteiger partial charge in [0, 0.05) is 27.0 Å². The first-order chi connectivity index (χ1) is 13.5. The van der Waals surface area contributed by atoms with Crippen molar-refractivity contribution in [2.45, 2.75) is 70.0 Å². The Kier molecular flexibility index (Phi) is 7.00. The Balaban J connectivity index is 2.27. The number of hydrogen-bond acceptors (Lipinski definition) is 5. The Labute approximate surface area is 175 Å². The number of carbonyl (C=O) groups excluding carboxylic acids is 2. The SMILES string of the molecule is CO[C@]12CC#C/C=C\C#C[C@@H](OC(C)=O)[C@@H]1N(CCO[Si](C)(C)C(C)(C)C)C2=O. The second kappa shape index (κ2) is 8.75. The molecule has 0 aromatic carbocycles. The van der Waals surface area contributed by atoms with E-state index < -0.39 is 32.0 Å². The van der Waals surface area contributed by atoms with Crippen molar-refractivity contribution >= 4 is 20.2 Å². The standard InChI is InChI=1S/C22H31NO5Si/c1-17(24)28-18-13-11-9-8-10-12-14-22(26-5)19(18)23(20(22)25)15-16-27-29(6,7)21(2,3)4/h8-9,18-19H,14-16H2,1-7H3/b9-8-/t18-,19+,22-/m1/s1. The fraction of sp³-hybridized carbons (Fsp3) is 0.636. The Morgan fingerprint density at radius 3 is 2.55 bits per heavy atom. The molecule has 29 heavy (non-hydrogen) atoms. The molecule has 1 heterocycles. The van der Waals surface area contributed by atoms with Crippen molar-refractivity contribution in [2.24, 2.45) is 0 Å². The number of carbonyl (C=O) groups is 2. The third-order valence-electron chi connectivity index (χ3n) is 5.91. The molecule has 0 spiro atoms. The number of nitrogens with zero attached hydrogens (tertiary/aromatic N) is 1. The molecule has 0 radical (unpaired) electrons. The molecular weight excluding hydrogens is 386 g/mol. The van der Waals surface area contributed by atoms with Gasteiger partial charge >= 0.3 is 5.97 Å². The Hall–Kier alpha value is -2.06. The van der Waals surface area contributed by atoms with E-state index in [1.54, 1.807) is 17.1 Å². The summed E-state index contributed by atoms with van der Waals surface area (Å²) in [4.78, 5) is 26.4. The van der Waals surface area contributed by atoms with Gasteiger partial charge in [0.15, 0.2) is 20.0 Å². The molecule has 1 amide bonds. The van der Waals surface area contributed by atoms with E-state index in [2.05, 4.69) is 57.5 Å². The number of likely N-dealkylation sites (tertiary alicyclic amines) is 1. The van der Waals surface area contributed by atoms with Crippen molar-refractivity contribution in [2.75, 3.05) is 20.3 Å². The summed E-state index contributed by atoms with van der Waals surface area (Å²) >= 11 is 0. The number of ether oxygens (including phenoxy) is 2. The van der Waals surface area contributed by atoms with Crippen LogP contribution in [0.2, 0.25) is 18.1 Å². The minimum atomic E-state index is -1.94. The van der Waals surface area contributed by atoms with Crippen LogP contribution in [0.4, 0.5) is 0 Å². The van der Waals surface area contributed by atoms with E-state index in [1.165, 1.54) is 14.0 Å². The van der Waals surface area contributed by atoms with Gasteiger partial charge in [-0.15, -0.1) is 0 Å². The van der Waals surface area contributed by atoms with Crippen LogP contribution < -0.4 is 0 Å². The fourth-order valence-corrected chi connectivity index (χ4v) is 4.25. The van der Waals surface area contributed by atoms with Gasteiger partial charge in [-0.25, -0.2) is 0 Å². The van der Waals surface area contributed by atoms with Crippen molar-refractivity contribution in [3.63, 3.8) is 0 Å². The van der Waals surface area contributed by atoms with Crippen LogP contribution in [0.15, 0.2) is 12.2 Å². The quantitative estimate of drug-likeness (QED) is 0.288. The maximum atomic E-state index is 13.1. The van der Waals surface area contributed by atoms with Crippen LogP contribution in [0.25, 0.3) is 0 Å². The minimum absolute atomic E-state index is 0.0757. The molecule has 0 unspecified atom stereocenters. The smallest absolute Gasteiger partial charge is 0.303 e. The van der Waals surface area contributed by atoms with Crippen LogP contribution >= 0.6 is 0 Å². The first-order valence-electron chi connectivity index (χ1n) is 9.78. The first kappa shape index (κ1) is 23.2. The van der Waals surface area contributed by atoms with Gasteiger partial charge in [0.25, 0.3) is 5.91 Å². The van der Waals surface area contributed by atoms with Crippen molar-refractivity contribution < 1.29 is 23.5 Å². The van der Waals surface area contributed by atoms with Crippen LogP contribution in [0.1, 0.15) is 34.1 Å². The van der Waals surface area contributed by atoms with Gasteiger partial charge in [-0.3, -0.25) is 9.59 Å². The predicted molar refractivity (Wildman–Crippen MR) is 113 cm³/mol. The van der Waals surface area contributed by atoms with Crippen LogP contribution in [0.5, 0.6) is 0 Å². The van der Waals surface area contributed by atoms with Gasteiger partial charge in [0.2, 0.25) is 0 Å². The number of β-lactam (4-membered cyclic amide) rings is 1. The predicted octanol–water partition coefficient (Wildman–Crippen LogP) is 2.50. The fourth-order valence-electron chi connectivity index (χ4n) is 3.21. The first-order valence-corrected chi connectivity index (χ1v) is 12.7. The summed E-state index contributed by atoms with van der Waals surface area (Å²) in [6.07, 6.45) is 2.61. The van der Waals surface area contributed by atoms with Crippen LogP contribution in [-0.4, -0.2) is 63.1 Å². The highest BCUT2D eigenvalue weighted by Gasteiger charge is 2.64. The maximum absolute atomic E-state index is 13.1. The molecule has 0 aromatic rings. The van der Waals surface area contributed by atoms with Gasteiger partial charge in [-0.1, -0.05) is 44.5 Å². The van der Waals surface area contributed by atoms with Gasteiger partial charge in [0.1, 0.15) is 6.04 Å². The molecule has 6 nitrogen and oxygen atoms in total. The number of esters is 1. The van der Waals surface area contributed by atoms with Gasteiger partial charge in [-0.2, -0.15) is 0 Å². The van der Waals surface area contributed by atoms with E-state index in [9.17, 15) is 9.59 Å². The largest absolute Gasteiger partial charge is 0.447 e. The van der Waals surface area contributed by atoms with E-state index in [-0.39, 0.29) is 17.4 Å². The zero-order chi connectivity index (χ0) is 21.9. The third-order valence-corrected chi connectivity index (χ3v) is 10.4. The van der Waals surface area contributed by atoms with Gasteiger partial charge in [0.05, 0.1) is 6.61 Å². The molecule has 1 saturated heterocycles. The lowest BCUT2D eigenvalue weighted by Crippen LogP contribution is -2.78. The van der Waals surface area contributed by atoms with E-state index in [1.807, 2.05) is 0 Å².